The number of imidazole rings is 1. The maximum Gasteiger partial charge on any atom is 0.296 e. The van der Waals surface area contributed by atoms with Gasteiger partial charge in [-0.15, -0.1) is 0 Å². The number of fused-ring (bicyclic) bond motifs is 1. The van der Waals surface area contributed by atoms with Crippen LogP contribution in [0.4, 0.5) is 20.5 Å². The molecule has 1 unspecified atom stereocenters. The van der Waals surface area contributed by atoms with Crippen LogP contribution >= 0.6 is 0 Å². The molecule has 3 heterocycles. The van der Waals surface area contributed by atoms with Crippen molar-refractivity contribution in [1.82, 2.24) is 24.8 Å². The molecule has 5 rings (SSSR count). The summed E-state index contributed by atoms with van der Waals surface area (Å²) in [6, 6.07) is 9.01. The molecule has 1 aromatic carbocycles. The van der Waals surface area contributed by atoms with E-state index in [9.17, 15) is 17.2 Å². The molecule has 0 bridgehead atoms. The lowest BCUT2D eigenvalue weighted by Gasteiger charge is -2.32. The van der Waals surface area contributed by atoms with Gasteiger partial charge in [0.2, 0.25) is 5.95 Å². The van der Waals surface area contributed by atoms with E-state index in [2.05, 4.69) is 20.5 Å². The third-order valence-corrected chi connectivity index (χ3v) is 8.28. The predicted octanol–water partition coefficient (Wildman–Crippen LogP) is 3.34. The lowest BCUT2D eigenvalue weighted by atomic mass is 9.91. The second-order valence-electron chi connectivity index (χ2n) is 10.5. The number of nitrogens with zero attached hydrogens (tertiary/aromatic N) is 5. The highest BCUT2D eigenvalue weighted by molar-refractivity contribution is 7.90. The highest BCUT2D eigenvalue weighted by Gasteiger charge is 2.26. The van der Waals surface area contributed by atoms with Gasteiger partial charge >= 0.3 is 0 Å². The van der Waals surface area contributed by atoms with Gasteiger partial charge in [0.15, 0.2) is 5.82 Å². The van der Waals surface area contributed by atoms with Crippen LogP contribution < -0.4 is 15.5 Å². The number of rotatable bonds is 9. The molecular formula is C26H35F2N7O3S. The standard InChI is InChI=1S/C26H35F2N7O3S/c1-17(16-39(2,36)37)29-18-7-9-19(10-8-18)30-26-32-22(34-11-13-38-14-12-34)15-23(33-26)35-21-6-4-3-5-20(21)31-25(35)24(27)28/h3-6,15,17-19,24,29H,7-14,16H2,1-2H3,(H,30,32,33). The first-order chi connectivity index (χ1) is 18.7. The Balaban J connectivity index is 1.39. The molecule has 1 atom stereocenters. The second kappa shape index (κ2) is 11.7. The maximum absolute atomic E-state index is 14.1. The van der Waals surface area contributed by atoms with Crippen molar-refractivity contribution in [2.75, 3.05) is 48.5 Å². The summed E-state index contributed by atoms with van der Waals surface area (Å²) in [5.41, 5.74) is 1.03. The van der Waals surface area contributed by atoms with Crippen LogP contribution in [0.5, 0.6) is 0 Å². The van der Waals surface area contributed by atoms with E-state index >= 15 is 0 Å². The topological polar surface area (TPSA) is 114 Å². The first kappa shape index (κ1) is 27.7. The molecule has 2 N–H and O–H groups in total. The van der Waals surface area contributed by atoms with Crippen LogP contribution in [0, 0.1) is 0 Å². The fraction of sp³-hybridized carbons (Fsp3) is 0.577. The van der Waals surface area contributed by atoms with Crippen molar-refractivity contribution in [3.8, 4) is 5.82 Å². The van der Waals surface area contributed by atoms with E-state index in [1.54, 1.807) is 30.3 Å². The molecule has 0 radical (unpaired) electrons. The molecular weight excluding hydrogens is 528 g/mol. The molecule has 3 aromatic rings. The highest BCUT2D eigenvalue weighted by Crippen LogP contribution is 2.30. The van der Waals surface area contributed by atoms with Gasteiger partial charge in [-0.1, -0.05) is 12.1 Å². The Bertz CT molecular complexity index is 1390. The zero-order chi connectivity index (χ0) is 27.6. The third kappa shape index (κ3) is 6.82. The van der Waals surface area contributed by atoms with Gasteiger partial charge in [-0.05, 0) is 44.7 Å². The molecule has 2 aliphatic rings. The van der Waals surface area contributed by atoms with Gasteiger partial charge < -0.3 is 20.3 Å². The Morgan fingerprint density at radius 2 is 1.69 bits per heavy atom. The molecule has 13 heteroatoms. The third-order valence-electron chi connectivity index (χ3n) is 7.18. The summed E-state index contributed by atoms with van der Waals surface area (Å²) in [5.74, 6) is 1.12. The zero-order valence-electron chi connectivity index (χ0n) is 22.2. The van der Waals surface area contributed by atoms with E-state index in [-0.39, 0.29) is 29.7 Å². The number of aromatic nitrogens is 4. The Hall–Kier alpha value is -2.90. The fourth-order valence-electron chi connectivity index (χ4n) is 5.48. The fourth-order valence-corrected chi connectivity index (χ4v) is 6.48. The summed E-state index contributed by atoms with van der Waals surface area (Å²) in [4.78, 5) is 15.7. The molecule has 2 fully saturated rings. The van der Waals surface area contributed by atoms with Crippen LogP contribution in [-0.4, -0.2) is 84.4 Å². The first-order valence-corrected chi connectivity index (χ1v) is 15.4. The Morgan fingerprint density at radius 3 is 2.38 bits per heavy atom. The molecule has 1 aliphatic heterocycles. The minimum atomic E-state index is -3.04. The van der Waals surface area contributed by atoms with Gasteiger partial charge in [-0.3, -0.25) is 4.57 Å². The average molecular weight is 564 g/mol. The summed E-state index contributed by atoms with van der Waals surface area (Å²) in [6.07, 6.45) is 1.93. The van der Waals surface area contributed by atoms with Crippen LogP contribution in [0.3, 0.4) is 0 Å². The van der Waals surface area contributed by atoms with E-state index < -0.39 is 16.3 Å². The monoisotopic (exact) mass is 563 g/mol. The Labute approximate surface area is 227 Å². The number of ether oxygens (including phenoxy) is 1. The molecule has 39 heavy (non-hydrogen) atoms. The molecule has 0 spiro atoms. The SMILES string of the molecule is CC(CS(C)(=O)=O)NC1CCC(Nc2nc(N3CCOCC3)cc(-n3c(C(F)F)nc4ccccc43)n2)CC1. The lowest BCUT2D eigenvalue weighted by Crippen LogP contribution is -2.43. The second-order valence-corrected chi connectivity index (χ2v) is 12.6. The summed E-state index contributed by atoms with van der Waals surface area (Å²) < 4.78 is 58.3. The quantitative estimate of drug-likeness (QED) is 0.405. The van der Waals surface area contributed by atoms with Gasteiger partial charge in [-0.25, -0.2) is 22.2 Å². The van der Waals surface area contributed by atoms with Crippen LogP contribution in [0.15, 0.2) is 30.3 Å². The van der Waals surface area contributed by atoms with Gasteiger partial charge in [-0.2, -0.15) is 9.97 Å². The predicted molar refractivity (Wildman–Crippen MR) is 147 cm³/mol. The smallest absolute Gasteiger partial charge is 0.296 e. The lowest BCUT2D eigenvalue weighted by molar-refractivity contribution is 0.122. The Morgan fingerprint density at radius 1 is 1.03 bits per heavy atom. The van der Waals surface area contributed by atoms with Gasteiger partial charge in [0.05, 0.1) is 30.0 Å². The minimum Gasteiger partial charge on any atom is -0.378 e. The average Bonchev–Trinajstić information content (AvgIpc) is 3.29. The van der Waals surface area contributed by atoms with Crippen LogP contribution in [0.1, 0.15) is 44.9 Å². The van der Waals surface area contributed by atoms with Crippen LogP contribution in [-0.2, 0) is 14.6 Å². The zero-order valence-corrected chi connectivity index (χ0v) is 23.0. The molecule has 2 aromatic heterocycles. The largest absolute Gasteiger partial charge is 0.378 e. The summed E-state index contributed by atoms with van der Waals surface area (Å²) in [6.45, 7) is 4.31. The first-order valence-electron chi connectivity index (χ1n) is 13.3. The summed E-state index contributed by atoms with van der Waals surface area (Å²) in [7, 11) is -3.04. The number of para-hydroxylation sites is 2. The van der Waals surface area contributed by atoms with Crippen molar-refractivity contribution in [1.29, 1.82) is 0 Å². The van der Waals surface area contributed by atoms with Crippen molar-refractivity contribution >= 4 is 32.6 Å². The summed E-state index contributed by atoms with van der Waals surface area (Å²) in [5, 5.41) is 6.88. The van der Waals surface area contributed by atoms with Crippen LogP contribution in [0.25, 0.3) is 16.9 Å². The number of hydrogen-bond donors (Lipinski definition) is 2. The number of morpholine rings is 1. The van der Waals surface area contributed by atoms with Crippen molar-refractivity contribution in [3.63, 3.8) is 0 Å². The number of alkyl halides is 2. The van der Waals surface area contributed by atoms with E-state index in [0.717, 1.165) is 25.7 Å². The van der Waals surface area contributed by atoms with E-state index in [1.807, 2.05) is 6.92 Å². The van der Waals surface area contributed by atoms with E-state index in [0.29, 0.717) is 54.9 Å². The van der Waals surface area contributed by atoms with Gasteiger partial charge in [0.1, 0.15) is 21.5 Å². The molecule has 10 nitrogen and oxygen atoms in total. The van der Waals surface area contributed by atoms with Crippen molar-refractivity contribution in [3.05, 3.63) is 36.2 Å². The number of hydrogen-bond acceptors (Lipinski definition) is 9. The highest BCUT2D eigenvalue weighted by atomic mass is 32.2. The van der Waals surface area contributed by atoms with Crippen molar-refractivity contribution in [2.45, 2.75) is 57.2 Å². The molecule has 1 aliphatic carbocycles. The number of benzene rings is 1. The van der Waals surface area contributed by atoms with Crippen molar-refractivity contribution in [2.24, 2.45) is 0 Å². The van der Waals surface area contributed by atoms with Gasteiger partial charge in [0, 0.05) is 43.5 Å². The molecule has 212 valence electrons. The molecule has 1 saturated carbocycles. The molecule has 0 amide bonds. The number of nitrogens with one attached hydrogen (secondary N) is 2. The van der Waals surface area contributed by atoms with Crippen LogP contribution in [0.2, 0.25) is 0 Å². The number of anilines is 2. The summed E-state index contributed by atoms with van der Waals surface area (Å²) >= 11 is 0. The number of halogens is 2. The van der Waals surface area contributed by atoms with Crippen molar-refractivity contribution < 1.29 is 21.9 Å². The normalized spacial score (nSPS) is 21.4. The van der Waals surface area contributed by atoms with E-state index in [4.69, 9.17) is 14.7 Å². The minimum absolute atomic E-state index is 0.107. The maximum atomic E-state index is 14.1. The van der Waals surface area contributed by atoms with Gasteiger partial charge in [0.25, 0.3) is 6.43 Å². The Kier molecular flexibility index (Phi) is 8.29. The number of sulfone groups is 1. The molecule has 1 saturated heterocycles. The van der Waals surface area contributed by atoms with E-state index in [1.165, 1.54) is 10.8 Å².